The number of rotatable bonds is 14. The second-order valence-corrected chi connectivity index (χ2v) is 13.6. The molecule has 6 atom stereocenters. The van der Waals surface area contributed by atoms with Crippen LogP contribution in [-0.4, -0.2) is 74.6 Å². The molecule has 290 valence electrons. The summed E-state index contributed by atoms with van der Waals surface area (Å²) in [6.07, 6.45) is -4.01. The number of hydrogen-bond donors (Lipinski definition) is 4. The van der Waals surface area contributed by atoms with Crippen molar-refractivity contribution in [1.82, 2.24) is 14.5 Å². The van der Waals surface area contributed by atoms with Crippen molar-refractivity contribution in [1.29, 1.82) is 0 Å². The van der Waals surface area contributed by atoms with Crippen LogP contribution in [-0.2, 0) is 37.4 Å². The lowest BCUT2D eigenvalue weighted by Gasteiger charge is -2.40. The molecule has 56 heavy (non-hydrogen) atoms. The lowest BCUT2D eigenvalue weighted by Crippen LogP contribution is -2.46. The van der Waals surface area contributed by atoms with Crippen LogP contribution in [0, 0.1) is 0 Å². The first-order valence-electron chi connectivity index (χ1n) is 17.3. The maximum atomic E-state index is 14.3. The number of amides is 1. The van der Waals surface area contributed by atoms with Gasteiger partial charge in [0.1, 0.15) is 30.4 Å². The van der Waals surface area contributed by atoms with E-state index in [4.69, 9.17) is 33.9 Å². The number of carbonyl (C=O) groups excluding carboxylic acids is 1. The molecule has 7 rings (SSSR count). The Bertz CT molecular complexity index is 2270. The fourth-order valence-corrected chi connectivity index (χ4v) is 7.48. The molecule has 2 unspecified atom stereocenters. The van der Waals surface area contributed by atoms with Crippen molar-refractivity contribution in [2.24, 2.45) is 0 Å². The van der Waals surface area contributed by atoms with Crippen molar-refractivity contribution < 1.29 is 52.7 Å². The van der Waals surface area contributed by atoms with Gasteiger partial charge >= 0.3 is 13.9 Å². The fourth-order valence-electron chi connectivity index (χ4n) is 7.01. The van der Waals surface area contributed by atoms with Gasteiger partial charge in [-0.2, -0.15) is 4.98 Å². The van der Waals surface area contributed by atoms with Gasteiger partial charge < -0.3 is 39.6 Å². The van der Waals surface area contributed by atoms with Crippen molar-refractivity contribution >= 4 is 20.0 Å². The lowest BCUT2D eigenvalue weighted by molar-refractivity contribution is -0.120. The molecule has 0 spiro atoms. The van der Waals surface area contributed by atoms with Gasteiger partial charge in [0.05, 0.1) is 20.8 Å². The molecule has 0 aliphatic carbocycles. The third-order valence-corrected chi connectivity index (χ3v) is 10.0. The van der Waals surface area contributed by atoms with E-state index in [0.717, 1.165) is 10.1 Å². The molecule has 2 aliphatic rings. The number of aromatic hydroxyl groups is 1. The van der Waals surface area contributed by atoms with E-state index in [9.17, 15) is 29.3 Å². The van der Waals surface area contributed by atoms with E-state index in [0.29, 0.717) is 28.0 Å². The van der Waals surface area contributed by atoms with Crippen LogP contribution in [0.1, 0.15) is 38.8 Å². The second kappa shape index (κ2) is 16.1. The van der Waals surface area contributed by atoms with E-state index in [1.165, 1.54) is 26.5 Å². The van der Waals surface area contributed by atoms with Gasteiger partial charge in [0.25, 0.3) is 5.91 Å². The highest BCUT2D eigenvalue weighted by molar-refractivity contribution is 7.32. The summed E-state index contributed by atoms with van der Waals surface area (Å²) < 4.78 is 47.5. The molecule has 5 N–H and O–H groups in total. The molecule has 0 radical (unpaired) electrons. The first-order valence-corrected chi connectivity index (χ1v) is 18.4. The van der Waals surface area contributed by atoms with Crippen LogP contribution in [0.3, 0.4) is 0 Å². The highest BCUT2D eigenvalue weighted by Crippen LogP contribution is 2.48. The Morgan fingerprint density at radius 2 is 1.61 bits per heavy atom. The molecule has 1 fully saturated rings. The van der Waals surface area contributed by atoms with Gasteiger partial charge in [0.15, 0.2) is 29.6 Å². The molecule has 2 aliphatic heterocycles. The number of methoxy groups -OCH3 is 2. The summed E-state index contributed by atoms with van der Waals surface area (Å²) in [6, 6.07) is 28.2. The van der Waals surface area contributed by atoms with Gasteiger partial charge in [-0.3, -0.25) is 14.3 Å². The monoisotopic (exact) mass is 785 g/mol. The number of ether oxygens (including phenoxy) is 5. The molecule has 17 heteroatoms. The second-order valence-electron chi connectivity index (χ2n) is 12.9. The standard InChI is InChI=1S/C39H37N4O12P/c1-50-29-18-24(19-30(51-2)33(29)44)21-53-39(28-11-7-6-10-27(28)36(46)43(39)20-23-8-4-3-5-9-23)25-12-14-26(15-13-25)52-22-31-35(55-56(48)49)34(45)37(54-31)42-17-16-32(40)41-38(42)47/h3-19,31,34-35,37,45H,20-22H2,1-2H3,(H3-,40,41,44,47,48,49)/p+1/t31-,34-,35-,37-,39?/m1/s1. The average Bonchev–Trinajstić information content (AvgIpc) is 3.63. The number of nitrogens with zero attached hydrogens (tertiary/aromatic N) is 3. The summed E-state index contributed by atoms with van der Waals surface area (Å²) >= 11 is 0. The molecular formula is C39H38N4O12P+. The highest BCUT2D eigenvalue weighted by Gasteiger charge is 2.53. The minimum absolute atomic E-state index is 0.0325. The van der Waals surface area contributed by atoms with Gasteiger partial charge in [-0.25, -0.2) is 4.79 Å². The van der Waals surface area contributed by atoms with Gasteiger partial charge in [-0.05, 0) is 47.5 Å². The lowest BCUT2D eigenvalue weighted by atomic mass is 9.93. The molecule has 1 aromatic heterocycles. The predicted molar refractivity (Wildman–Crippen MR) is 199 cm³/mol. The van der Waals surface area contributed by atoms with Crippen molar-refractivity contribution in [3.63, 3.8) is 0 Å². The number of nitrogen functional groups attached to an aromatic ring is 1. The number of benzene rings is 4. The number of anilines is 1. The number of fused-ring (bicyclic) bond motifs is 1. The van der Waals surface area contributed by atoms with Crippen molar-refractivity contribution in [2.45, 2.75) is 43.4 Å². The minimum atomic E-state index is -3.16. The van der Waals surface area contributed by atoms with Crippen LogP contribution >= 0.6 is 8.25 Å². The van der Waals surface area contributed by atoms with Gasteiger partial charge in [0, 0.05) is 34.0 Å². The van der Waals surface area contributed by atoms with Gasteiger partial charge in [0.2, 0.25) is 5.75 Å². The first kappa shape index (κ1) is 38.4. The summed E-state index contributed by atoms with van der Waals surface area (Å²) in [5.41, 5.74) is 6.46. The largest absolute Gasteiger partial charge is 0.695 e. The van der Waals surface area contributed by atoms with E-state index in [1.807, 2.05) is 42.5 Å². The summed E-state index contributed by atoms with van der Waals surface area (Å²) in [5.74, 6) is 0.259. The topological polar surface area (TPSA) is 214 Å². The molecule has 16 nitrogen and oxygen atoms in total. The Labute approximate surface area is 321 Å². The Morgan fingerprint density at radius 3 is 2.27 bits per heavy atom. The normalized spacial score (nSPS) is 21.8. The number of nitrogens with two attached hydrogens (primary N) is 1. The smallest absolute Gasteiger partial charge is 0.502 e. The molecule has 4 aromatic carbocycles. The zero-order valence-electron chi connectivity index (χ0n) is 30.1. The highest BCUT2D eigenvalue weighted by atomic mass is 31.1. The molecule has 3 heterocycles. The Balaban J connectivity index is 1.22. The summed E-state index contributed by atoms with van der Waals surface area (Å²) in [4.78, 5) is 41.7. The quantitative estimate of drug-likeness (QED) is 0.117. The SMILES string of the molecule is COc1cc(COC2(c3ccc(OC[C@H]4O[C@@H](n5ccc(N)nc5=O)[C@H](O)[C@@H]4O[P+](=O)O)cc3)c3ccccc3C(=O)N2Cc2ccccc2)cc(OC)c1O. The summed E-state index contributed by atoms with van der Waals surface area (Å²) in [5, 5.41) is 21.6. The Kier molecular flexibility index (Phi) is 11.0. The number of phenolic OH excluding ortho intramolecular Hbond substituents is 1. The Hall–Kier alpha value is -5.87. The van der Waals surface area contributed by atoms with E-state index < -0.39 is 44.2 Å². The molecular weight excluding hydrogens is 747 g/mol. The third-order valence-electron chi connectivity index (χ3n) is 9.63. The van der Waals surface area contributed by atoms with Crippen LogP contribution in [0.4, 0.5) is 5.82 Å². The molecule has 1 saturated heterocycles. The number of carbonyl (C=O) groups is 1. The number of hydrogen-bond acceptors (Lipinski definition) is 13. The van der Waals surface area contributed by atoms with E-state index >= 15 is 0 Å². The molecule has 0 bridgehead atoms. The molecule has 5 aromatic rings. The Morgan fingerprint density at radius 1 is 0.929 bits per heavy atom. The van der Waals surface area contributed by atoms with E-state index in [-0.39, 0.29) is 48.7 Å². The number of aliphatic hydroxyl groups excluding tert-OH is 1. The predicted octanol–water partition coefficient (Wildman–Crippen LogP) is 3.99. The molecule has 1 amide bonds. The van der Waals surface area contributed by atoms with Crippen LogP contribution in [0.5, 0.6) is 23.0 Å². The van der Waals surface area contributed by atoms with E-state index in [1.54, 1.807) is 53.4 Å². The first-order chi connectivity index (χ1) is 27.0. The summed E-state index contributed by atoms with van der Waals surface area (Å²) in [7, 11) is -0.308. The van der Waals surface area contributed by atoms with Gasteiger partial charge in [-0.1, -0.05) is 60.7 Å². The maximum Gasteiger partial charge on any atom is 0.695 e. The van der Waals surface area contributed by atoms with Crippen LogP contribution < -0.4 is 25.6 Å². The zero-order chi connectivity index (χ0) is 39.6. The maximum absolute atomic E-state index is 14.3. The fraction of sp³-hybridized carbons (Fsp3) is 0.256. The zero-order valence-corrected chi connectivity index (χ0v) is 31.0. The number of aliphatic hydroxyl groups is 1. The number of aromatic nitrogens is 2. The van der Waals surface area contributed by atoms with Crippen LogP contribution in [0.25, 0.3) is 0 Å². The van der Waals surface area contributed by atoms with Crippen LogP contribution in [0.15, 0.2) is 108 Å². The summed E-state index contributed by atoms with van der Waals surface area (Å²) in [6.45, 7) is -0.105. The van der Waals surface area contributed by atoms with Crippen molar-refractivity contribution in [3.8, 4) is 23.0 Å². The molecule has 0 saturated carbocycles. The number of phenols is 1. The van der Waals surface area contributed by atoms with Crippen molar-refractivity contribution in [3.05, 3.63) is 142 Å². The van der Waals surface area contributed by atoms with E-state index in [2.05, 4.69) is 4.98 Å². The van der Waals surface area contributed by atoms with Crippen molar-refractivity contribution in [2.75, 3.05) is 26.6 Å². The van der Waals surface area contributed by atoms with Gasteiger partial charge in [-0.15, -0.1) is 9.42 Å². The third kappa shape index (κ3) is 7.29. The minimum Gasteiger partial charge on any atom is -0.502 e. The average molecular weight is 786 g/mol. The van der Waals surface area contributed by atoms with Crippen LogP contribution in [0.2, 0.25) is 0 Å².